The number of carbonyl (C=O) groups is 1. The summed E-state index contributed by atoms with van der Waals surface area (Å²) in [4.78, 5) is 11.0. The fraction of sp³-hybridized carbons (Fsp3) is 0.875. The minimum atomic E-state index is -1.15. The number of alkyl halides is 1. The first kappa shape index (κ1) is 7.70. The van der Waals surface area contributed by atoms with E-state index in [-0.39, 0.29) is 11.7 Å². The van der Waals surface area contributed by atoms with Crippen LogP contribution in [0.4, 0.5) is 4.39 Å². The Morgan fingerprint density at radius 3 is 2.80 bits per heavy atom. The smallest absolute Gasteiger partial charge is 0.169 e. The van der Waals surface area contributed by atoms with E-state index in [0.29, 0.717) is 6.42 Å². The molecule has 0 aromatic rings. The van der Waals surface area contributed by atoms with Crippen molar-refractivity contribution in [1.82, 2.24) is 0 Å². The van der Waals surface area contributed by atoms with E-state index in [2.05, 4.69) is 0 Å². The van der Waals surface area contributed by atoms with Crippen molar-refractivity contribution in [3.05, 3.63) is 0 Å². The van der Waals surface area contributed by atoms with Crippen molar-refractivity contribution in [3.8, 4) is 0 Å². The molecular formula is C8H13FO. The van der Waals surface area contributed by atoms with E-state index in [0.717, 1.165) is 19.3 Å². The first-order chi connectivity index (χ1) is 4.75. The molecule has 0 N–H and O–H groups in total. The maximum Gasteiger partial charge on any atom is 0.169 e. The summed E-state index contributed by atoms with van der Waals surface area (Å²) >= 11 is 0. The Hall–Kier alpha value is -0.400. The molecule has 2 heteroatoms. The number of hydrogen-bond donors (Lipinski definition) is 0. The third-order valence-corrected chi connectivity index (χ3v) is 2.21. The van der Waals surface area contributed by atoms with E-state index in [1.165, 1.54) is 0 Å². The van der Waals surface area contributed by atoms with Crippen LogP contribution in [0.5, 0.6) is 0 Å². The van der Waals surface area contributed by atoms with E-state index < -0.39 is 6.17 Å². The molecule has 1 saturated carbocycles. The molecule has 1 aliphatic rings. The molecule has 0 unspecified atom stereocenters. The van der Waals surface area contributed by atoms with Gasteiger partial charge in [0.15, 0.2) is 12.0 Å². The first-order valence-electron chi connectivity index (χ1n) is 3.93. The SMILES string of the molecule is CC[C@H]1CCC[C@@H](F)C1=O. The van der Waals surface area contributed by atoms with Crippen LogP contribution in [-0.4, -0.2) is 12.0 Å². The van der Waals surface area contributed by atoms with Gasteiger partial charge in [-0.05, 0) is 25.7 Å². The molecule has 0 heterocycles. The second-order valence-corrected chi connectivity index (χ2v) is 2.91. The Bertz CT molecular complexity index is 133. The second kappa shape index (κ2) is 3.13. The normalized spacial score (nSPS) is 34.4. The van der Waals surface area contributed by atoms with Gasteiger partial charge in [-0.1, -0.05) is 6.92 Å². The average molecular weight is 144 g/mol. The largest absolute Gasteiger partial charge is 0.296 e. The minimum absolute atomic E-state index is 0.0174. The maximum absolute atomic E-state index is 12.7. The van der Waals surface area contributed by atoms with E-state index in [4.69, 9.17) is 0 Å². The molecule has 0 aromatic carbocycles. The summed E-state index contributed by atoms with van der Waals surface area (Å²) in [7, 11) is 0. The Balaban J connectivity index is 2.51. The van der Waals surface area contributed by atoms with Gasteiger partial charge >= 0.3 is 0 Å². The van der Waals surface area contributed by atoms with Crippen LogP contribution in [0.15, 0.2) is 0 Å². The van der Waals surface area contributed by atoms with Crippen LogP contribution in [-0.2, 0) is 4.79 Å². The van der Waals surface area contributed by atoms with Gasteiger partial charge in [0.25, 0.3) is 0 Å². The molecule has 2 atom stereocenters. The quantitative estimate of drug-likeness (QED) is 0.550. The fourth-order valence-corrected chi connectivity index (χ4v) is 1.49. The van der Waals surface area contributed by atoms with Crippen LogP contribution in [0, 0.1) is 5.92 Å². The Morgan fingerprint density at radius 2 is 2.30 bits per heavy atom. The lowest BCUT2D eigenvalue weighted by molar-refractivity contribution is -0.130. The van der Waals surface area contributed by atoms with E-state index in [9.17, 15) is 9.18 Å². The average Bonchev–Trinajstić information content (AvgIpc) is 1.95. The summed E-state index contributed by atoms with van der Waals surface area (Å²) in [6.07, 6.45) is 1.88. The van der Waals surface area contributed by atoms with Crippen molar-refractivity contribution in [2.45, 2.75) is 38.8 Å². The molecule has 0 bridgehead atoms. The Morgan fingerprint density at radius 1 is 1.60 bits per heavy atom. The lowest BCUT2D eigenvalue weighted by Crippen LogP contribution is -2.28. The van der Waals surface area contributed by atoms with E-state index >= 15 is 0 Å². The molecule has 1 nitrogen and oxygen atoms in total. The topological polar surface area (TPSA) is 17.1 Å². The highest BCUT2D eigenvalue weighted by Crippen LogP contribution is 2.24. The molecular weight excluding hydrogens is 131 g/mol. The molecule has 1 fully saturated rings. The van der Waals surface area contributed by atoms with Crippen LogP contribution in [0.3, 0.4) is 0 Å². The van der Waals surface area contributed by atoms with Crippen molar-refractivity contribution in [2.75, 3.05) is 0 Å². The van der Waals surface area contributed by atoms with Crippen molar-refractivity contribution in [2.24, 2.45) is 5.92 Å². The summed E-state index contributed by atoms with van der Waals surface area (Å²) in [6.45, 7) is 1.95. The van der Waals surface area contributed by atoms with Crippen LogP contribution in [0.1, 0.15) is 32.6 Å². The third-order valence-electron chi connectivity index (χ3n) is 2.21. The highest BCUT2D eigenvalue weighted by molar-refractivity contribution is 5.85. The standard InChI is InChI=1S/C8H13FO/c1-2-6-4-3-5-7(9)8(6)10/h6-7H,2-5H2,1H3/t6-,7+/m0/s1. The van der Waals surface area contributed by atoms with Crippen LogP contribution in [0.25, 0.3) is 0 Å². The summed E-state index contributed by atoms with van der Waals surface area (Å²) in [5.74, 6) is -0.141. The van der Waals surface area contributed by atoms with Gasteiger partial charge in [0.1, 0.15) is 0 Å². The number of hydrogen-bond acceptors (Lipinski definition) is 1. The molecule has 0 amide bonds. The lowest BCUT2D eigenvalue weighted by atomic mass is 9.85. The van der Waals surface area contributed by atoms with Gasteiger partial charge in [0, 0.05) is 5.92 Å². The van der Waals surface area contributed by atoms with Gasteiger partial charge in [-0.25, -0.2) is 4.39 Å². The molecule has 1 aliphatic carbocycles. The van der Waals surface area contributed by atoms with Gasteiger partial charge in [-0.2, -0.15) is 0 Å². The zero-order chi connectivity index (χ0) is 7.56. The predicted octanol–water partition coefficient (Wildman–Crippen LogP) is 2.10. The Kier molecular flexibility index (Phi) is 2.41. The summed E-state index contributed by atoms with van der Waals surface area (Å²) in [5, 5.41) is 0. The molecule has 0 spiro atoms. The number of carbonyl (C=O) groups excluding carboxylic acids is 1. The number of rotatable bonds is 1. The van der Waals surface area contributed by atoms with Crippen molar-refractivity contribution >= 4 is 5.78 Å². The summed E-state index contributed by atoms with van der Waals surface area (Å²) in [5.41, 5.74) is 0. The van der Waals surface area contributed by atoms with Gasteiger partial charge in [0.05, 0.1) is 0 Å². The van der Waals surface area contributed by atoms with Gasteiger partial charge < -0.3 is 0 Å². The van der Waals surface area contributed by atoms with Crippen LogP contribution >= 0.6 is 0 Å². The zero-order valence-corrected chi connectivity index (χ0v) is 6.27. The summed E-state index contributed by atoms with van der Waals surface area (Å²) in [6, 6.07) is 0. The predicted molar refractivity (Wildman–Crippen MR) is 37.5 cm³/mol. The Labute approximate surface area is 60.6 Å². The second-order valence-electron chi connectivity index (χ2n) is 2.91. The minimum Gasteiger partial charge on any atom is -0.296 e. The van der Waals surface area contributed by atoms with Crippen molar-refractivity contribution in [1.29, 1.82) is 0 Å². The van der Waals surface area contributed by atoms with E-state index in [1.54, 1.807) is 0 Å². The van der Waals surface area contributed by atoms with Crippen LogP contribution < -0.4 is 0 Å². The number of ketones is 1. The molecule has 58 valence electrons. The van der Waals surface area contributed by atoms with Gasteiger partial charge in [-0.15, -0.1) is 0 Å². The molecule has 1 rings (SSSR count). The molecule has 0 aromatic heterocycles. The monoisotopic (exact) mass is 144 g/mol. The maximum atomic E-state index is 12.7. The van der Waals surface area contributed by atoms with Crippen molar-refractivity contribution in [3.63, 3.8) is 0 Å². The molecule has 0 radical (unpaired) electrons. The fourth-order valence-electron chi connectivity index (χ4n) is 1.49. The number of Topliss-reactive ketones (excluding diaryl/α,β-unsaturated/α-hetero) is 1. The first-order valence-corrected chi connectivity index (χ1v) is 3.93. The highest BCUT2D eigenvalue weighted by Gasteiger charge is 2.29. The highest BCUT2D eigenvalue weighted by atomic mass is 19.1. The van der Waals surface area contributed by atoms with Crippen LogP contribution in [0.2, 0.25) is 0 Å². The zero-order valence-electron chi connectivity index (χ0n) is 6.27. The molecule has 10 heavy (non-hydrogen) atoms. The third kappa shape index (κ3) is 1.36. The lowest BCUT2D eigenvalue weighted by Gasteiger charge is -2.21. The van der Waals surface area contributed by atoms with E-state index in [1.807, 2.05) is 6.92 Å². The van der Waals surface area contributed by atoms with Gasteiger partial charge in [0.2, 0.25) is 0 Å². The number of halogens is 1. The molecule has 0 saturated heterocycles. The summed E-state index contributed by atoms with van der Waals surface area (Å²) < 4.78 is 12.7. The molecule has 0 aliphatic heterocycles. The van der Waals surface area contributed by atoms with Gasteiger partial charge in [-0.3, -0.25) is 4.79 Å². The van der Waals surface area contributed by atoms with Crippen molar-refractivity contribution < 1.29 is 9.18 Å².